The van der Waals surface area contributed by atoms with Crippen LogP contribution in [0, 0.1) is 25.7 Å². The highest BCUT2D eigenvalue weighted by Gasteiger charge is 2.42. The Morgan fingerprint density at radius 2 is 1.64 bits per heavy atom. The second-order valence-corrected chi connectivity index (χ2v) is 10.3. The molecule has 33 heavy (non-hydrogen) atoms. The van der Waals surface area contributed by atoms with Crippen LogP contribution in [0.2, 0.25) is 0 Å². The summed E-state index contributed by atoms with van der Waals surface area (Å²) in [5, 5.41) is 7.98. The summed E-state index contributed by atoms with van der Waals surface area (Å²) in [7, 11) is 0. The van der Waals surface area contributed by atoms with Gasteiger partial charge in [0.15, 0.2) is 0 Å². The molecule has 1 amide bonds. The van der Waals surface area contributed by atoms with Gasteiger partial charge in [-0.15, -0.1) is 0 Å². The van der Waals surface area contributed by atoms with Crippen LogP contribution in [0.4, 0.5) is 0 Å². The predicted molar refractivity (Wildman–Crippen MR) is 133 cm³/mol. The van der Waals surface area contributed by atoms with Crippen molar-refractivity contribution in [1.82, 2.24) is 15.1 Å². The van der Waals surface area contributed by atoms with Crippen molar-refractivity contribution >= 4 is 5.91 Å². The van der Waals surface area contributed by atoms with Crippen molar-refractivity contribution in [3.8, 4) is 0 Å². The van der Waals surface area contributed by atoms with Gasteiger partial charge in [-0.2, -0.15) is 5.10 Å². The van der Waals surface area contributed by atoms with Gasteiger partial charge in [0.1, 0.15) is 0 Å². The first-order valence-electron chi connectivity index (χ1n) is 12.4. The van der Waals surface area contributed by atoms with Crippen molar-refractivity contribution in [3.63, 3.8) is 0 Å². The van der Waals surface area contributed by atoms with E-state index in [1.54, 1.807) is 0 Å². The Hall–Kier alpha value is -2.88. The molecule has 6 rings (SSSR count). The van der Waals surface area contributed by atoms with Gasteiger partial charge in [0.05, 0.1) is 5.69 Å². The predicted octanol–water partition coefficient (Wildman–Crippen LogP) is 5.50. The number of hydrogen-bond donors (Lipinski definition) is 1. The number of aromatic nitrogens is 2. The van der Waals surface area contributed by atoms with Gasteiger partial charge in [-0.3, -0.25) is 9.48 Å². The maximum atomic E-state index is 12.8. The molecule has 1 atom stereocenters. The zero-order valence-electron chi connectivity index (χ0n) is 20.3. The van der Waals surface area contributed by atoms with Gasteiger partial charge >= 0.3 is 0 Å². The first kappa shape index (κ1) is 21.9. The van der Waals surface area contributed by atoms with Crippen molar-refractivity contribution in [3.05, 3.63) is 87.7 Å². The first-order chi connectivity index (χ1) is 15.9. The fourth-order valence-corrected chi connectivity index (χ4v) is 6.15. The highest BCUT2D eigenvalue weighted by Crippen LogP contribution is 2.55. The van der Waals surface area contributed by atoms with Gasteiger partial charge in [0, 0.05) is 37.0 Å². The van der Waals surface area contributed by atoms with Crippen LogP contribution in [-0.4, -0.2) is 22.2 Å². The molecule has 3 aliphatic carbocycles. The summed E-state index contributed by atoms with van der Waals surface area (Å²) in [5.41, 5.74) is 9.35. The summed E-state index contributed by atoms with van der Waals surface area (Å²) >= 11 is 0. The van der Waals surface area contributed by atoms with E-state index in [4.69, 9.17) is 5.10 Å². The molecule has 1 aromatic heterocycles. The minimum Gasteiger partial charge on any atom is -0.356 e. The molecule has 0 radical (unpaired) electrons. The van der Waals surface area contributed by atoms with E-state index in [1.165, 1.54) is 33.5 Å². The minimum absolute atomic E-state index is 0.147. The Balaban J connectivity index is 1.25. The van der Waals surface area contributed by atoms with Crippen molar-refractivity contribution < 1.29 is 4.79 Å². The number of nitrogens with one attached hydrogen (secondary N) is 1. The van der Waals surface area contributed by atoms with Crippen molar-refractivity contribution in [1.29, 1.82) is 0 Å². The highest BCUT2D eigenvalue weighted by atomic mass is 16.1. The van der Waals surface area contributed by atoms with E-state index >= 15 is 0 Å². The monoisotopic (exact) mass is 441 g/mol. The number of amides is 1. The summed E-state index contributed by atoms with van der Waals surface area (Å²) in [6, 6.07) is 17.8. The average molecular weight is 442 g/mol. The molecule has 1 unspecified atom stereocenters. The first-order valence-corrected chi connectivity index (χ1v) is 12.4. The van der Waals surface area contributed by atoms with Crippen molar-refractivity contribution in [2.45, 2.75) is 65.3 Å². The van der Waals surface area contributed by atoms with Crippen LogP contribution in [0.3, 0.4) is 0 Å². The summed E-state index contributed by atoms with van der Waals surface area (Å²) in [4.78, 5) is 12.8. The fraction of sp³-hybridized carbons (Fsp3) is 0.448. The Kier molecular flexibility index (Phi) is 5.86. The van der Waals surface area contributed by atoms with Crippen LogP contribution in [0.25, 0.3) is 0 Å². The third-order valence-corrected chi connectivity index (χ3v) is 7.66. The number of benzene rings is 2. The Morgan fingerprint density at radius 1 is 1.03 bits per heavy atom. The van der Waals surface area contributed by atoms with Crippen molar-refractivity contribution in [2.75, 3.05) is 6.54 Å². The molecule has 4 nitrogen and oxygen atoms in total. The average Bonchev–Trinajstić information content (AvgIpc) is 3.08. The quantitative estimate of drug-likeness (QED) is 0.526. The molecular weight excluding hydrogens is 406 g/mol. The second kappa shape index (κ2) is 8.81. The normalized spacial score (nSPS) is 20.6. The van der Waals surface area contributed by atoms with Gasteiger partial charge in [0.25, 0.3) is 0 Å². The van der Waals surface area contributed by atoms with Crippen LogP contribution in [-0.2, 0) is 17.8 Å². The maximum absolute atomic E-state index is 12.8. The van der Waals surface area contributed by atoms with E-state index in [2.05, 4.69) is 86.2 Å². The highest BCUT2D eigenvalue weighted by molar-refractivity contribution is 5.76. The standard InChI is InChI=1S/C29H35N3O/c1-18(2)17-32-20(4)22(19(3)31-32)13-14-28(33)30-16-21-15-27-23-9-5-7-11-25(23)29(21)26-12-8-6-10-24(26)27/h5-12,18,21,27,29H,13-17H2,1-4H3,(H,30,33). The molecule has 1 N–H and O–H groups in total. The lowest BCUT2D eigenvalue weighted by molar-refractivity contribution is -0.121. The van der Waals surface area contributed by atoms with E-state index in [0.29, 0.717) is 30.1 Å². The summed E-state index contributed by atoms with van der Waals surface area (Å²) in [5.74, 6) is 1.97. The zero-order valence-corrected chi connectivity index (χ0v) is 20.3. The summed E-state index contributed by atoms with van der Waals surface area (Å²) < 4.78 is 2.10. The largest absolute Gasteiger partial charge is 0.356 e. The van der Waals surface area contributed by atoms with E-state index in [-0.39, 0.29) is 5.91 Å². The molecule has 2 bridgehead atoms. The number of carbonyl (C=O) groups is 1. The van der Waals surface area contributed by atoms with Crippen LogP contribution >= 0.6 is 0 Å². The maximum Gasteiger partial charge on any atom is 0.220 e. The zero-order chi connectivity index (χ0) is 23.1. The lowest BCUT2D eigenvalue weighted by atomic mass is 9.59. The SMILES string of the molecule is Cc1nn(CC(C)C)c(C)c1CCC(=O)NCC1CC2c3ccccc3C1c1ccccc12. The van der Waals surface area contributed by atoms with Crippen LogP contribution in [0.5, 0.6) is 0 Å². The molecule has 4 heteroatoms. The van der Waals surface area contributed by atoms with Gasteiger partial charge in [-0.25, -0.2) is 0 Å². The molecule has 3 aliphatic rings. The molecule has 3 aromatic rings. The number of hydrogen-bond acceptors (Lipinski definition) is 2. The molecule has 0 saturated carbocycles. The lowest BCUT2D eigenvalue weighted by Crippen LogP contribution is -2.39. The lowest BCUT2D eigenvalue weighted by Gasteiger charge is -2.45. The second-order valence-electron chi connectivity index (χ2n) is 10.3. The van der Waals surface area contributed by atoms with E-state index in [0.717, 1.165) is 31.6 Å². The molecular formula is C29H35N3O. The third-order valence-electron chi connectivity index (χ3n) is 7.66. The minimum atomic E-state index is 0.147. The molecule has 172 valence electrons. The molecule has 0 spiro atoms. The van der Waals surface area contributed by atoms with Gasteiger partial charge < -0.3 is 5.32 Å². The van der Waals surface area contributed by atoms with Crippen LogP contribution in [0.15, 0.2) is 48.5 Å². The number of rotatable bonds is 7. The van der Waals surface area contributed by atoms with Gasteiger partial charge in [0.2, 0.25) is 5.91 Å². The van der Waals surface area contributed by atoms with Crippen molar-refractivity contribution in [2.24, 2.45) is 11.8 Å². The van der Waals surface area contributed by atoms with Gasteiger partial charge in [-0.05, 0) is 66.3 Å². The topological polar surface area (TPSA) is 46.9 Å². The third kappa shape index (κ3) is 4.01. The Morgan fingerprint density at radius 3 is 2.24 bits per heavy atom. The van der Waals surface area contributed by atoms with Crippen LogP contribution < -0.4 is 5.32 Å². The number of aryl methyl sites for hydroxylation is 1. The number of carbonyl (C=O) groups excluding carboxylic acids is 1. The molecule has 2 aromatic carbocycles. The summed E-state index contributed by atoms with van der Waals surface area (Å²) in [6.45, 7) is 10.3. The van der Waals surface area contributed by atoms with E-state index < -0.39 is 0 Å². The number of nitrogens with zero attached hydrogens (tertiary/aromatic N) is 2. The molecule has 0 saturated heterocycles. The fourth-order valence-electron chi connectivity index (χ4n) is 6.15. The molecule has 0 aliphatic heterocycles. The van der Waals surface area contributed by atoms with E-state index in [9.17, 15) is 4.79 Å². The molecule has 0 fully saturated rings. The number of fused-ring (bicyclic) bond motifs is 1. The smallest absolute Gasteiger partial charge is 0.220 e. The summed E-state index contributed by atoms with van der Waals surface area (Å²) in [6.07, 6.45) is 2.38. The van der Waals surface area contributed by atoms with Crippen LogP contribution in [0.1, 0.15) is 77.7 Å². The van der Waals surface area contributed by atoms with Gasteiger partial charge in [-0.1, -0.05) is 62.4 Å². The molecule has 1 heterocycles. The Bertz CT molecular complexity index is 1130. The van der Waals surface area contributed by atoms with E-state index in [1.807, 2.05) is 0 Å². The Labute approximate surface area is 197 Å².